The summed E-state index contributed by atoms with van der Waals surface area (Å²) in [6, 6.07) is 0. The maximum absolute atomic E-state index is 12.0. The Morgan fingerprint density at radius 2 is 2.00 bits per heavy atom. The smallest absolute Gasteiger partial charge is 0.253 e. The van der Waals surface area contributed by atoms with Gasteiger partial charge in [-0.05, 0) is 24.7 Å². The molecule has 2 fully saturated rings. The van der Waals surface area contributed by atoms with Crippen molar-refractivity contribution in [3.8, 4) is 0 Å². The van der Waals surface area contributed by atoms with E-state index in [1.807, 2.05) is 4.90 Å². The Labute approximate surface area is 103 Å². The standard InChI is InChI=1S/C11H20N2O2.ClH/c1-15-10(5-12)11(14)13-6-8-3-2-4-9(8)7-13;/h8-10H,2-7,12H2,1H3;1H. The number of nitrogens with zero attached hydrogens (tertiary/aromatic N) is 1. The first kappa shape index (κ1) is 13.7. The number of likely N-dealkylation sites (tertiary alicyclic amines) is 1. The molecular weight excluding hydrogens is 228 g/mol. The van der Waals surface area contributed by atoms with Crippen LogP contribution in [0.15, 0.2) is 0 Å². The lowest BCUT2D eigenvalue weighted by molar-refractivity contribution is -0.140. The van der Waals surface area contributed by atoms with E-state index in [9.17, 15) is 4.79 Å². The second-order valence-electron chi connectivity index (χ2n) is 4.65. The molecule has 0 aromatic rings. The number of fused-ring (bicyclic) bond motifs is 1. The van der Waals surface area contributed by atoms with E-state index in [0.717, 1.165) is 24.9 Å². The van der Waals surface area contributed by atoms with Gasteiger partial charge in [-0.2, -0.15) is 0 Å². The van der Waals surface area contributed by atoms with Crippen molar-refractivity contribution >= 4 is 18.3 Å². The Morgan fingerprint density at radius 1 is 1.44 bits per heavy atom. The van der Waals surface area contributed by atoms with E-state index in [0.29, 0.717) is 0 Å². The minimum absolute atomic E-state index is 0. The van der Waals surface area contributed by atoms with E-state index in [-0.39, 0.29) is 24.9 Å². The van der Waals surface area contributed by atoms with Crippen LogP contribution in [0.4, 0.5) is 0 Å². The van der Waals surface area contributed by atoms with Crippen molar-refractivity contribution in [2.75, 3.05) is 26.7 Å². The van der Waals surface area contributed by atoms with E-state index in [4.69, 9.17) is 10.5 Å². The Hall–Kier alpha value is -0.320. The van der Waals surface area contributed by atoms with Gasteiger partial charge in [-0.3, -0.25) is 4.79 Å². The number of methoxy groups -OCH3 is 1. The minimum Gasteiger partial charge on any atom is -0.370 e. The molecule has 0 spiro atoms. The van der Waals surface area contributed by atoms with Crippen LogP contribution in [0.25, 0.3) is 0 Å². The van der Waals surface area contributed by atoms with Crippen molar-refractivity contribution in [3.63, 3.8) is 0 Å². The second kappa shape index (κ2) is 5.84. The number of rotatable bonds is 3. The highest BCUT2D eigenvalue weighted by molar-refractivity contribution is 5.85. The van der Waals surface area contributed by atoms with Crippen LogP contribution in [-0.4, -0.2) is 43.7 Å². The predicted octanol–water partition coefficient (Wildman–Crippen LogP) is 0.640. The van der Waals surface area contributed by atoms with Gasteiger partial charge in [-0.15, -0.1) is 12.4 Å². The Kier molecular flexibility index (Phi) is 5.02. The monoisotopic (exact) mass is 248 g/mol. The number of hydrogen-bond donors (Lipinski definition) is 1. The Bertz CT molecular complexity index is 234. The highest BCUT2D eigenvalue weighted by atomic mass is 35.5. The van der Waals surface area contributed by atoms with Gasteiger partial charge in [-0.1, -0.05) is 6.42 Å². The van der Waals surface area contributed by atoms with Crippen LogP contribution in [-0.2, 0) is 9.53 Å². The van der Waals surface area contributed by atoms with E-state index in [1.165, 1.54) is 19.3 Å². The molecule has 0 radical (unpaired) electrons. The van der Waals surface area contributed by atoms with Gasteiger partial charge >= 0.3 is 0 Å². The van der Waals surface area contributed by atoms with Crippen LogP contribution in [0.3, 0.4) is 0 Å². The molecule has 94 valence electrons. The number of nitrogens with two attached hydrogens (primary N) is 1. The van der Waals surface area contributed by atoms with Crippen molar-refractivity contribution in [3.05, 3.63) is 0 Å². The third kappa shape index (κ3) is 2.50. The quantitative estimate of drug-likeness (QED) is 0.798. The fraction of sp³-hybridized carbons (Fsp3) is 0.909. The summed E-state index contributed by atoms with van der Waals surface area (Å²) in [6.45, 7) is 2.12. The predicted molar refractivity (Wildman–Crippen MR) is 64.5 cm³/mol. The summed E-state index contributed by atoms with van der Waals surface area (Å²) >= 11 is 0. The molecule has 5 heteroatoms. The van der Waals surface area contributed by atoms with Gasteiger partial charge in [0, 0.05) is 26.7 Å². The van der Waals surface area contributed by atoms with E-state index in [2.05, 4.69) is 0 Å². The number of ether oxygens (including phenoxy) is 1. The average molecular weight is 249 g/mol. The maximum atomic E-state index is 12.0. The number of halogens is 1. The molecule has 3 atom stereocenters. The van der Waals surface area contributed by atoms with Gasteiger partial charge < -0.3 is 15.4 Å². The summed E-state index contributed by atoms with van der Waals surface area (Å²) in [5.74, 6) is 1.56. The summed E-state index contributed by atoms with van der Waals surface area (Å²) in [6.07, 6.45) is 3.47. The molecule has 0 aromatic heterocycles. The first-order valence-electron chi connectivity index (χ1n) is 5.78. The van der Waals surface area contributed by atoms with Gasteiger partial charge in [0.2, 0.25) is 0 Å². The van der Waals surface area contributed by atoms with Crippen molar-refractivity contribution in [2.45, 2.75) is 25.4 Å². The molecule has 0 aromatic carbocycles. The molecule has 2 rings (SSSR count). The largest absolute Gasteiger partial charge is 0.370 e. The summed E-state index contributed by atoms with van der Waals surface area (Å²) in [4.78, 5) is 13.9. The first-order valence-corrected chi connectivity index (χ1v) is 5.78. The number of carbonyl (C=O) groups is 1. The maximum Gasteiger partial charge on any atom is 0.253 e. The van der Waals surface area contributed by atoms with Crippen molar-refractivity contribution in [2.24, 2.45) is 17.6 Å². The van der Waals surface area contributed by atoms with Gasteiger partial charge in [0.15, 0.2) is 0 Å². The molecule has 1 saturated carbocycles. The van der Waals surface area contributed by atoms with Gasteiger partial charge in [0.1, 0.15) is 6.10 Å². The molecular formula is C11H21ClN2O2. The molecule has 1 aliphatic heterocycles. The summed E-state index contributed by atoms with van der Waals surface area (Å²) < 4.78 is 5.08. The molecule has 1 heterocycles. The lowest BCUT2D eigenvalue weighted by atomic mass is 10.0. The lowest BCUT2D eigenvalue weighted by Gasteiger charge is -2.22. The molecule has 16 heavy (non-hydrogen) atoms. The third-order valence-electron chi connectivity index (χ3n) is 3.81. The zero-order chi connectivity index (χ0) is 10.8. The van der Waals surface area contributed by atoms with Gasteiger partial charge in [0.25, 0.3) is 5.91 Å². The van der Waals surface area contributed by atoms with Crippen molar-refractivity contribution < 1.29 is 9.53 Å². The molecule has 3 unspecified atom stereocenters. The summed E-state index contributed by atoms with van der Waals surface area (Å²) in [5, 5.41) is 0. The highest BCUT2D eigenvalue weighted by Crippen LogP contribution is 2.37. The highest BCUT2D eigenvalue weighted by Gasteiger charge is 2.39. The van der Waals surface area contributed by atoms with Crippen LogP contribution in [0.1, 0.15) is 19.3 Å². The van der Waals surface area contributed by atoms with E-state index >= 15 is 0 Å². The van der Waals surface area contributed by atoms with Crippen LogP contribution < -0.4 is 5.73 Å². The Balaban J connectivity index is 0.00000128. The molecule has 4 nitrogen and oxygen atoms in total. The topological polar surface area (TPSA) is 55.6 Å². The number of carbonyl (C=O) groups excluding carboxylic acids is 1. The average Bonchev–Trinajstić information content (AvgIpc) is 2.78. The van der Waals surface area contributed by atoms with Crippen LogP contribution in [0.2, 0.25) is 0 Å². The Morgan fingerprint density at radius 3 is 2.44 bits per heavy atom. The lowest BCUT2D eigenvalue weighted by Crippen LogP contribution is -2.42. The molecule has 1 saturated heterocycles. The fourth-order valence-electron chi connectivity index (χ4n) is 2.92. The number of hydrogen-bond acceptors (Lipinski definition) is 3. The summed E-state index contributed by atoms with van der Waals surface area (Å²) in [5.41, 5.74) is 5.50. The van der Waals surface area contributed by atoms with E-state index < -0.39 is 6.10 Å². The van der Waals surface area contributed by atoms with Crippen LogP contribution in [0.5, 0.6) is 0 Å². The fourth-order valence-corrected chi connectivity index (χ4v) is 2.92. The molecule has 0 bridgehead atoms. The van der Waals surface area contributed by atoms with Gasteiger partial charge in [0.05, 0.1) is 0 Å². The second-order valence-corrected chi connectivity index (χ2v) is 4.65. The van der Waals surface area contributed by atoms with Crippen LogP contribution in [0, 0.1) is 11.8 Å². The van der Waals surface area contributed by atoms with Crippen molar-refractivity contribution in [1.82, 2.24) is 4.90 Å². The molecule has 2 N–H and O–H groups in total. The minimum atomic E-state index is -0.441. The molecule has 2 aliphatic rings. The normalized spacial score (nSPS) is 29.8. The summed E-state index contributed by atoms with van der Waals surface area (Å²) in [7, 11) is 1.55. The van der Waals surface area contributed by atoms with Crippen LogP contribution >= 0.6 is 12.4 Å². The molecule has 1 amide bonds. The zero-order valence-electron chi connectivity index (χ0n) is 9.72. The first-order chi connectivity index (χ1) is 7.26. The third-order valence-corrected chi connectivity index (χ3v) is 3.81. The number of amides is 1. The molecule has 1 aliphatic carbocycles. The SMILES string of the molecule is COC(CN)C(=O)N1CC2CCCC2C1.Cl. The van der Waals surface area contributed by atoms with Crippen molar-refractivity contribution in [1.29, 1.82) is 0 Å². The van der Waals surface area contributed by atoms with Gasteiger partial charge in [-0.25, -0.2) is 0 Å². The van der Waals surface area contributed by atoms with E-state index in [1.54, 1.807) is 7.11 Å². The zero-order valence-corrected chi connectivity index (χ0v) is 10.5.